The third kappa shape index (κ3) is 27.4. The number of aliphatic hydroxyl groups is 2. The summed E-state index contributed by atoms with van der Waals surface area (Å²) in [5, 5.41) is 22.5. The van der Waals surface area contributed by atoms with Crippen molar-refractivity contribution in [2.75, 3.05) is 6.61 Å². The summed E-state index contributed by atoms with van der Waals surface area (Å²) in [7, 11) is 0. The van der Waals surface area contributed by atoms with Gasteiger partial charge in [0.2, 0.25) is 5.91 Å². The van der Waals surface area contributed by atoms with Crippen LogP contribution in [0.1, 0.15) is 129 Å². The zero-order chi connectivity index (χ0) is 29.4. The van der Waals surface area contributed by atoms with E-state index in [4.69, 9.17) is 0 Å². The van der Waals surface area contributed by atoms with Crippen LogP contribution in [0.4, 0.5) is 0 Å². The zero-order valence-corrected chi connectivity index (χ0v) is 25.8. The average molecular weight is 556 g/mol. The summed E-state index contributed by atoms with van der Waals surface area (Å²) in [5.74, 6) is -0.0884. The Kier molecular flexibility index (Phi) is 29.7. The van der Waals surface area contributed by atoms with Crippen LogP contribution in [0, 0.1) is 0 Å². The Morgan fingerprint density at radius 3 is 1.65 bits per heavy atom. The Hall–Kier alpha value is -2.17. The molecule has 0 spiro atoms. The highest BCUT2D eigenvalue weighted by Gasteiger charge is 2.17. The van der Waals surface area contributed by atoms with E-state index in [0.717, 1.165) is 77.0 Å². The van der Waals surface area contributed by atoms with E-state index in [1.165, 1.54) is 32.1 Å². The van der Waals surface area contributed by atoms with Crippen molar-refractivity contribution in [3.05, 3.63) is 72.9 Å². The first kappa shape index (κ1) is 37.8. The summed E-state index contributed by atoms with van der Waals surface area (Å²) in [6.07, 6.45) is 44.3. The summed E-state index contributed by atoms with van der Waals surface area (Å²) in [6.45, 7) is 4.06. The SMILES string of the molecule is CC/C=C\C/C=C\C/C=C\C/C=C\C/C=C\CCCCCCCCCC(=O)NC(CO)C(O)/C=C/CCCCC. The minimum Gasteiger partial charge on any atom is -0.394 e. The fourth-order valence-electron chi connectivity index (χ4n) is 4.20. The number of amides is 1. The molecule has 0 radical (unpaired) electrons. The van der Waals surface area contributed by atoms with Crippen LogP contribution >= 0.6 is 0 Å². The van der Waals surface area contributed by atoms with Crippen molar-refractivity contribution in [1.29, 1.82) is 0 Å². The second-order valence-electron chi connectivity index (χ2n) is 10.5. The fourth-order valence-corrected chi connectivity index (χ4v) is 4.20. The molecular formula is C36H61NO3. The van der Waals surface area contributed by atoms with Gasteiger partial charge in [-0.05, 0) is 64.2 Å². The van der Waals surface area contributed by atoms with E-state index >= 15 is 0 Å². The lowest BCUT2D eigenvalue weighted by molar-refractivity contribution is -0.123. The van der Waals surface area contributed by atoms with Crippen LogP contribution in [0.25, 0.3) is 0 Å². The lowest BCUT2D eigenvalue weighted by Gasteiger charge is -2.20. The van der Waals surface area contributed by atoms with E-state index < -0.39 is 12.1 Å². The monoisotopic (exact) mass is 555 g/mol. The molecule has 40 heavy (non-hydrogen) atoms. The van der Waals surface area contributed by atoms with Gasteiger partial charge in [0.15, 0.2) is 0 Å². The molecule has 4 nitrogen and oxygen atoms in total. The molecule has 0 aromatic rings. The van der Waals surface area contributed by atoms with Crippen LogP contribution in [0.15, 0.2) is 72.9 Å². The molecule has 1 amide bonds. The van der Waals surface area contributed by atoms with Crippen molar-refractivity contribution < 1.29 is 15.0 Å². The van der Waals surface area contributed by atoms with Crippen molar-refractivity contribution >= 4 is 5.91 Å². The molecule has 0 saturated heterocycles. The van der Waals surface area contributed by atoms with Crippen LogP contribution < -0.4 is 5.32 Å². The topological polar surface area (TPSA) is 69.6 Å². The van der Waals surface area contributed by atoms with Gasteiger partial charge in [-0.2, -0.15) is 0 Å². The van der Waals surface area contributed by atoms with Gasteiger partial charge < -0.3 is 15.5 Å². The molecular weight excluding hydrogens is 494 g/mol. The van der Waals surface area contributed by atoms with Crippen molar-refractivity contribution in [1.82, 2.24) is 5.32 Å². The molecule has 0 aliphatic heterocycles. The highest BCUT2D eigenvalue weighted by atomic mass is 16.3. The molecule has 0 bridgehead atoms. The lowest BCUT2D eigenvalue weighted by Crippen LogP contribution is -2.45. The van der Waals surface area contributed by atoms with Crippen LogP contribution in [0.2, 0.25) is 0 Å². The summed E-state index contributed by atoms with van der Waals surface area (Å²) < 4.78 is 0. The molecule has 0 heterocycles. The van der Waals surface area contributed by atoms with Gasteiger partial charge in [0.25, 0.3) is 0 Å². The first-order valence-electron chi connectivity index (χ1n) is 16.2. The van der Waals surface area contributed by atoms with Gasteiger partial charge in [0.1, 0.15) is 0 Å². The molecule has 0 rings (SSSR count). The summed E-state index contributed by atoms with van der Waals surface area (Å²) in [4.78, 5) is 12.2. The van der Waals surface area contributed by atoms with Crippen LogP contribution in [-0.4, -0.2) is 34.9 Å². The minimum absolute atomic E-state index is 0.0884. The number of allylic oxidation sites excluding steroid dienone is 11. The highest BCUT2D eigenvalue weighted by molar-refractivity contribution is 5.76. The first-order valence-corrected chi connectivity index (χ1v) is 16.2. The molecule has 4 heteroatoms. The number of carbonyl (C=O) groups is 1. The van der Waals surface area contributed by atoms with E-state index in [9.17, 15) is 15.0 Å². The number of rotatable bonds is 27. The second-order valence-corrected chi connectivity index (χ2v) is 10.5. The van der Waals surface area contributed by atoms with Gasteiger partial charge in [-0.15, -0.1) is 0 Å². The smallest absolute Gasteiger partial charge is 0.220 e. The minimum atomic E-state index is -0.842. The zero-order valence-electron chi connectivity index (χ0n) is 25.8. The number of nitrogens with one attached hydrogen (secondary N) is 1. The number of unbranched alkanes of at least 4 members (excludes halogenated alkanes) is 10. The number of aliphatic hydroxyl groups excluding tert-OH is 2. The standard InChI is InChI=1S/C36H61NO3/c1-3-5-7-9-10-11-12-13-14-15-16-17-18-19-20-21-22-23-24-25-26-28-30-32-36(40)37-34(33-38)35(39)31-29-27-8-6-4-2/h5,7,10-11,13-14,16-17,19-20,29,31,34-35,38-39H,3-4,6,8-9,12,15,18,21-28,30,32-33H2,1-2H3,(H,37,40)/b7-5-,11-10-,14-13-,17-16-,20-19-,31-29+. The number of carbonyl (C=O) groups excluding carboxylic acids is 1. The quantitative estimate of drug-likeness (QED) is 0.0699. The average Bonchev–Trinajstić information content (AvgIpc) is 2.96. The first-order chi connectivity index (χ1) is 19.7. The van der Waals surface area contributed by atoms with E-state index in [0.29, 0.717) is 6.42 Å². The predicted octanol–water partition coefficient (Wildman–Crippen LogP) is 9.22. The molecule has 3 N–H and O–H groups in total. The van der Waals surface area contributed by atoms with Gasteiger partial charge >= 0.3 is 0 Å². The summed E-state index contributed by atoms with van der Waals surface area (Å²) in [6, 6.07) is -0.627. The van der Waals surface area contributed by atoms with Crippen molar-refractivity contribution in [3.63, 3.8) is 0 Å². The van der Waals surface area contributed by atoms with Crippen LogP contribution in [-0.2, 0) is 4.79 Å². The molecule has 2 atom stereocenters. The Bertz CT molecular complexity index is 732. The normalized spacial score (nSPS) is 14.2. The Labute approximate surface area is 247 Å². The summed E-state index contributed by atoms with van der Waals surface area (Å²) >= 11 is 0. The Morgan fingerprint density at radius 2 is 1.10 bits per heavy atom. The molecule has 2 unspecified atom stereocenters. The Balaban J connectivity index is 3.63. The molecule has 0 aliphatic carbocycles. The molecule has 0 aliphatic rings. The van der Waals surface area contributed by atoms with Crippen LogP contribution in [0.5, 0.6) is 0 Å². The molecule has 228 valence electrons. The fraction of sp³-hybridized carbons (Fsp3) is 0.639. The van der Waals surface area contributed by atoms with Gasteiger partial charge in [0.05, 0.1) is 18.8 Å². The predicted molar refractivity (Wildman–Crippen MR) is 174 cm³/mol. The highest BCUT2D eigenvalue weighted by Crippen LogP contribution is 2.11. The van der Waals surface area contributed by atoms with Crippen molar-refractivity contribution in [2.24, 2.45) is 0 Å². The van der Waals surface area contributed by atoms with Gasteiger partial charge in [-0.1, -0.05) is 132 Å². The molecule has 0 aromatic carbocycles. The van der Waals surface area contributed by atoms with Gasteiger partial charge in [-0.25, -0.2) is 0 Å². The maximum absolute atomic E-state index is 12.2. The third-order valence-corrected chi connectivity index (χ3v) is 6.70. The third-order valence-electron chi connectivity index (χ3n) is 6.70. The lowest BCUT2D eigenvalue weighted by atomic mass is 10.1. The van der Waals surface area contributed by atoms with Gasteiger partial charge in [-0.3, -0.25) is 4.79 Å². The maximum Gasteiger partial charge on any atom is 0.220 e. The van der Waals surface area contributed by atoms with Crippen LogP contribution in [0.3, 0.4) is 0 Å². The van der Waals surface area contributed by atoms with Gasteiger partial charge in [0, 0.05) is 6.42 Å². The maximum atomic E-state index is 12.2. The van der Waals surface area contributed by atoms with Crippen molar-refractivity contribution in [3.8, 4) is 0 Å². The van der Waals surface area contributed by atoms with E-state index in [2.05, 4.69) is 79.9 Å². The molecule has 0 saturated carbocycles. The number of hydrogen-bond donors (Lipinski definition) is 3. The Morgan fingerprint density at radius 1 is 0.625 bits per heavy atom. The second kappa shape index (κ2) is 31.4. The number of hydrogen-bond acceptors (Lipinski definition) is 3. The molecule has 0 fully saturated rings. The molecule has 0 aromatic heterocycles. The van der Waals surface area contributed by atoms with E-state index in [1.54, 1.807) is 6.08 Å². The summed E-state index contributed by atoms with van der Waals surface area (Å²) in [5.41, 5.74) is 0. The van der Waals surface area contributed by atoms with E-state index in [-0.39, 0.29) is 12.5 Å². The largest absolute Gasteiger partial charge is 0.394 e. The van der Waals surface area contributed by atoms with Crippen molar-refractivity contribution in [2.45, 2.75) is 142 Å². The van der Waals surface area contributed by atoms with E-state index in [1.807, 2.05) is 6.08 Å².